The van der Waals surface area contributed by atoms with Crippen molar-refractivity contribution in [1.29, 1.82) is 0 Å². The normalized spacial score (nSPS) is 45.1. The third kappa shape index (κ3) is 3.19. The first kappa shape index (κ1) is 21.7. The van der Waals surface area contributed by atoms with Crippen LogP contribution in [-0.2, 0) is 19.1 Å². The largest absolute Gasteiger partial charge is 0.458 e. The summed E-state index contributed by atoms with van der Waals surface area (Å²) in [6, 6.07) is 0. The summed E-state index contributed by atoms with van der Waals surface area (Å²) in [6.07, 6.45) is 6.66. The molecule has 8 atom stereocenters. The van der Waals surface area contributed by atoms with Gasteiger partial charge in [0, 0.05) is 12.3 Å². The summed E-state index contributed by atoms with van der Waals surface area (Å²) in [5.74, 6) is 1.36. The molecule has 5 heteroatoms. The number of hydrogen-bond acceptors (Lipinski definition) is 5. The zero-order valence-corrected chi connectivity index (χ0v) is 18.8. The Balaban J connectivity index is 1.57. The van der Waals surface area contributed by atoms with E-state index in [1.807, 2.05) is 0 Å². The van der Waals surface area contributed by atoms with E-state index in [0.29, 0.717) is 36.5 Å². The molecule has 0 bridgehead atoms. The molecule has 0 heterocycles. The van der Waals surface area contributed by atoms with Gasteiger partial charge in [0.1, 0.15) is 12.7 Å². The van der Waals surface area contributed by atoms with Gasteiger partial charge in [-0.05, 0) is 79.1 Å². The molecule has 0 aromatic heterocycles. The maximum atomic E-state index is 13.0. The number of ketones is 2. The number of hydrogen-bond donors (Lipinski definition) is 1. The molecule has 4 aliphatic carbocycles. The van der Waals surface area contributed by atoms with E-state index in [4.69, 9.17) is 4.74 Å². The second-order valence-corrected chi connectivity index (χ2v) is 10.8. The number of esters is 1. The van der Waals surface area contributed by atoms with Crippen molar-refractivity contribution in [3.05, 3.63) is 11.6 Å². The molecule has 0 radical (unpaired) electrons. The van der Waals surface area contributed by atoms with E-state index in [2.05, 4.69) is 20.8 Å². The lowest BCUT2D eigenvalue weighted by Crippen LogP contribution is -2.54. The van der Waals surface area contributed by atoms with Gasteiger partial charge >= 0.3 is 5.97 Å². The Hall–Kier alpha value is -1.49. The van der Waals surface area contributed by atoms with Gasteiger partial charge in [0.25, 0.3) is 0 Å². The van der Waals surface area contributed by atoms with Crippen molar-refractivity contribution < 1.29 is 24.2 Å². The van der Waals surface area contributed by atoms with Crippen molar-refractivity contribution in [3.8, 4) is 0 Å². The fourth-order valence-corrected chi connectivity index (χ4v) is 7.93. The van der Waals surface area contributed by atoms with Crippen LogP contribution in [0.25, 0.3) is 0 Å². The van der Waals surface area contributed by atoms with Gasteiger partial charge < -0.3 is 9.84 Å². The standard InChI is InChI=1S/C25H36O5/c1-5-23(29)30-13-22(28)18-7-6-16-15-10-14(2)19-11-20(26)21(27)12-25(19,4)17(15)8-9-24(16,18)3/h11,14-18,21,27H,5-10,12-13H2,1-4H3/t14-,15-,16-,17-,18+,21?,24-,25+/m0/s1. The Morgan fingerprint density at radius 2 is 1.93 bits per heavy atom. The maximum Gasteiger partial charge on any atom is 0.305 e. The molecule has 1 N–H and O–H groups in total. The van der Waals surface area contributed by atoms with Gasteiger partial charge in [0.2, 0.25) is 0 Å². The van der Waals surface area contributed by atoms with Crippen LogP contribution in [0.15, 0.2) is 11.6 Å². The van der Waals surface area contributed by atoms with Crippen LogP contribution in [0.1, 0.15) is 72.6 Å². The predicted molar refractivity (Wildman–Crippen MR) is 112 cm³/mol. The highest BCUT2D eigenvalue weighted by Crippen LogP contribution is 2.67. The Bertz CT molecular complexity index is 784. The fraction of sp³-hybridized carbons (Fsp3) is 0.800. The van der Waals surface area contributed by atoms with Crippen molar-refractivity contribution in [3.63, 3.8) is 0 Å². The number of Topliss-reactive ketones (excluding diaryl/α,β-unsaturated/α-hetero) is 1. The molecule has 30 heavy (non-hydrogen) atoms. The highest BCUT2D eigenvalue weighted by molar-refractivity contribution is 5.95. The van der Waals surface area contributed by atoms with Crippen molar-refractivity contribution in [1.82, 2.24) is 0 Å². The van der Waals surface area contributed by atoms with Gasteiger partial charge in [-0.2, -0.15) is 0 Å². The molecule has 3 fully saturated rings. The highest BCUT2D eigenvalue weighted by atomic mass is 16.5. The second kappa shape index (κ2) is 7.58. The molecule has 166 valence electrons. The summed E-state index contributed by atoms with van der Waals surface area (Å²) in [5, 5.41) is 10.4. The van der Waals surface area contributed by atoms with Crippen molar-refractivity contribution >= 4 is 17.5 Å². The molecule has 4 rings (SSSR count). The van der Waals surface area contributed by atoms with Crippen molar-refractivity contribution in [2.75, 3.05) is 6.61 Å². The first-order valence-corrected chi connectivity index (χ1v) is 11.7. The van der Waals surface area contributed by atoms with E-state index < -0.39 is 6.10 Å². The lowest BCUT2D eigenvalue weighted by molar-refractivity contribution is -0.151. The van der Waals surface area contributed by atoms with Crippen LogP contribution in [0, 0.1) is 40.4 Å². The Morgan fingerprint density at radius 3 is 2.63 bits per heavy atom. The van der Waals surface area contributed by atoms with Crippen LogP contribution < -0.4 is 0 Å². The van der Waals surface area contributed by atoms with E-state index in [1.165, 1.54) is 5.57 Å². The van der Waals surface area contributed by atoms with Crippen LogP contribution in [-0.4, -0.2) is 35.4 Å². The Kier molecular flexibility index (Phi) is 5.49. The summed E-state index contributed by atoms with van der Waals surface area (Å²) in [5.41, 5.74) is 1.06. The number of carbonyl (C=O) groups excluding carboxylic acids is 3. The first-order chi connectivity index (χ1) is 14.1. The Labute approximate surface area is 179 Å². The van der Waals surface area contributed by atoms with Crippen LogP contribution in [0.5, 0.6) is 0 Å². The number of fused-ring (bicyclic) bond motifs is 5. The van der Waals surface area contributed by atoms with Crippen LogP contribution in [0.2, 0.25) is 0 Å². The van der Waals surface area contributed by atoms with E-state index in [1.54, 1.807) is 13.0 Å². The van der Waals surface area contributed by atoms with E-state index in [9.17, 15) is 19.5 Å². The lowest BCUT2D eigenvalue weighted by Gasteiger charge is -2.59. The number of aliphatic hydroxyl groups is 1. The minimum Gasteiger partial charge on any atom is -0.458 e. The van der Waals surface area contributed by atoms with Crippen LogP contribution >= 0.6 is 0 Å². The van der Waals surface area contributed by atoms with Gasteiger partial charge in [-0.1, -0.05) is 33.3 Å². The predicted octanol–water partition coefficient (Wildman–Crippen LogP) is 3.87. The molecule has 0 aromatic rings. The summed E-state index contributed by atoms with van der Waals surface area (Å²) in [4.78, 5) is 36.7. The van der Waals surface area contributed by atoms with E-state index in [0.717, 1.165) is 32.1 Å². The van der Waals surface area contributed by atoms with Gasteiger partial charge in [-0.3, -0.25) is 14.4 Å². The summed E-state index contributed by atoms with van der Waals surface area (Å²) < 4.78 is 5.17. The van der Waals surface area contributed by atoms with Crippen LogP contribution in [0.4, 0.5) is 0 Å². The summed E-state index contributed by atoms with van der Waals surface area (Å²) >= 11 is 0. The zero-order chi connectivity index (χ0) is 21.8. The number of aliphatic hydroxyl groups excluding tert-OH is 1. The average molecular weight is 417 g/mol. The quantitative estimate of drug-likeness (QED) is 0.704. The summed E-state index contributed by atoms with van der Waals surface area (Å²) in [7, 11) is 0. The number of allylic oxidation sites excluding steroid dienone is 1. The van der Waals surface area contributed by atoms with E-state index in [-0.39, 0.29) is 40.9 Å². The SMILES string of the molecule is CCC(=O)OCC(=O)[C@H]1CC[C@H]2[C@@H]3C[C@H](C)C4=CC(=O)C(O)C[C@]4(C)[C@H]3CC[C@]12C. The molecular weight excluding hydrogens is 380 g/mol. The lowest BCUT2D eigenvalue weighted by atomic mass is 9.45. The Morgan fingerprint density at radius 1 is 1.20 bits per heavy atom. The summed E-state index contributed by atoms with van der Waals surface area (Å²) in [6.45, 7) is 8.40. The molecule has 3 saturated carbocycles. The fourth-order valence-electron chi connectivity index (χ4n) is 7.93. The van der Waals surface area contributed by atoms with Crippen LogP contribution in [0.3, 0.4) is 0 Å². The second-order valence-electron chi connectivity index (χ2n) is 10.8. The van der Waals surface area contributed by atoms with Crippen molar-refractivity contribution in [2.45, 2.75) is 78.7 Å². The molecule has 0 aromatic carbocycles. The molecule has 0 spiro atoms. The number of ether oxygens (including phenoxy) is 1. The molecule has 5 nitrogen and oxygen atoms in total. The first-order valence-electron chi connectivity index (χ1n) is 11.7. The van der Waals surface area contributed by atoms with Gasteiger partial charge in [-0.15, -0.1) is 0 Å². The maximum absolute atomic E-state index is 13.0. The highest BCUT2D eigenvalue weighted by Gasteiger charge is 2.61. The van der Waals surface area contributed by atoms with Gasteiger partial charge in [0.05, 0.1) is 0 Å². The molecule has 4 aliphatic rings. The third-order valence-corrected chi connectivity index (χ3v) is 9.37. The van der Waals surface area contributed by atoms with E-state index >= 15 is 0 Å². The third-order valence-electron chi connectivity index (χ3n) is 9.37. The smallest absolute Gasteiger partial charge is 0.305 e. The molecule has 1 unspecified atom stereocenters. The minimum atomic E-state index is -0.885. The average Bonchev–Trinajstić information content (AvgIpc) is 3.05. The topological polar surface area (TPSA) is 80.7 Å². The minimum absolute atomic E-state index is 0.0355. The molecule has 0 amide bonds. The zero-order valence-electron chi connectivity index (χ0n) is 18.8. The van der Waals surface area contributed by atoms with Gasteiger partial charge in [0.15, 0.2) is 11.6 Å². The van der Waals surface area contributed by atoms with Gasteiger partial charge in [-0.25, -0.2) is 0 Å². The molecular formula is C25H36O5. The molecule has 0 saturated heterocycles. The van der Waals surface area contributed by atoms with Crippen molar-refractivity contribution in [2.24, 2.45) is 40.4 Å². The number of carbonyl (C=O) groups is 3. The number of rotatable bonds is 4. The monoisotopic (exact) mass is 416 g/mol. The molecule has 0 aliphatic heterocycles.